The maximum Gasteiger partial charge on any atom is 0.253 e. The van der Waals surface area contributed by atoms with E-state index in [0.29, 0.717) is 31.1 Å². The van der Waals surface area contributed by atoms with Crippen LogP contribution in [0.4, 0.5) is 0 Å². The molecule has 6 heteroatoms. The third-order valence-electron chi connectivity index (χ3n) is 4.51. The quantitative estimate of drug-likeness (QED) is 0.799. The molecule has 1 aromatic carbocycles. The Morgan fingerprint density at radius 1 is 1.19 bits per heavy atom. The summed E-state index contributed by atoms with van der Waals surface area (Å²) in [5.74, 6) is 0.431. The maximum absolute atomic E-state index is 12.7. The number of nitrogens with zero attached hydrogens (tertiary/aromatic N) is 2. The highest BCUT2D eigenvalue weighted by Crippen LogP contribution is 2.18. The van der Waals surface area contributed by atoms with Gasteiger partial charge in [-0.3, -0.25) is 9.59 Å². The molecular weight excluding hydrogens is 342 g/mol. The molecule has 1 N–H and O–H groups in total. The van der Waals surface area contributed by atoms with Crippen molar-refractivity contribution in [1.29, 1.82) is 0 Å². The number of carbonyl (C=O) groups excluding carboxylic acids is 2. The lowest BCUT2D eigenvalue weighted by Gasteiger charge is -2.32. The Bertz CT molecular complexity index is 782. The average Bonchev–Trinajstić information content (AvgIpc) is 2.73. The van der Waals surface area contributed by atoms with Gasteiger partial charge >= 0.3 is 0 Å². The van der Waals surface area contributed by atoms with Gasteiger partial charge in [0, 0.05) is 50.3 Å². The molecule has 2 amide bonds. The zero-order valence-electron chi connectivity index (χ0n) is 15.1. The summed E-state index contributed by atoms with van der Waals surface area (Å²) in [6.45, 7) is 5.15. The molecular formula is C21H23N3O3. The van der Waals surface area contributed by atoms with E-state index in [4.69, 9.17) is 4.74 Å². The Hall–Kier alpha value is -3.15. The molecule has 1 aliphatic rings. The fraction of sp³-hybridized carbons (Fsp3) is 0.286. The Morgan fingerprint density at radius 2 is 1.93 bits per heavy atom. The van der Waals surface area contributed by atoms with E-state index in [-0.39, 0.29) is 17.9 Å². The zero-order chi connectivity index (χ0) is 19.1. The molecule has 0 saturated carbocycles. The van der Waals surface area contributed by atoms with E-state index in [2.05, 4.69) is 16.9 Å². The van der Waals surface area contributed by atoms with Crippen LogP contribution in [0.1, 0.15) is 28.8 Å². The highest BCUT2D eigenvalue weighted by atomic mass is 16.5. The molecule has 1 saturated heterocycles. The van der Waals surface area contributed by atoms with Crippen molar-refractivity contribution < 1.29 is 14.3 Å². The Kier molecular flexibility index (Phi) is 6.20. The standard InChI is InChI=1S/C21H23N3O3/c1-2-19(25)23-15-16-6-8-17(9-7-16)21(26)24-13-10-18(11-14-24)27-20-5-3-4-12-22-20/h2-9,12,18H,1,10-11,13-15H2,(H,23,25). The summed E-state index contributed by atoms with van der Waals surface area (Å²) < 4.78 is 5.87. The molecule has 6 nitrogen and oxygen atoms in total. The molecule has 1 fully saturated rings. The van der Waals surface area contributed by atoms with E-state index in [1.807, 2.05) is 35.2 Å². The molecule has 140 valence electrons. The van der Waals surface area contributed by atoms with Gasteiger partial charge in [0.15, 0.2) is 0 Å². The average molecular weight is 365 g/mol. The predicted octanol–water partition coefficient (Wildman–Crippen LogP) is 2.57. The van der Waals surface area contributed by atoms with Crippen molar-refractivity contribution in [2.45, 2.75) is 25.5 Å². The highest BCUT2D eigenvalue weighted by Gasteiger charge is 2.24. The van der Waals surface area contributed by atoms with Crippen LogP contribution < -0.4 is 10.1 Å². The number of benzene rings is 1. The van der Waals surface area contributed by atoms with Crippen LogP contribution in [0.15, 0.2) is 61.3 Å². The van der Waals surface area contributed by atoms with Crippen molar-refractivity contribution in [1.82, 2.24) is 15.2 Å². The van der Waals surface area contributed by atoms with E-state index >= 15 is 0 Å². The number of hydrogen-bond donors (Lipinski definition) is 1. The summed E-state index contributed by atoms with van der Waals surface area (Å²) in [7, 11) is 0. The first-order valence-corrected chi connectivity index (χ1v) is 9.02. The topological polar surface area (TPSA) is 71.5 Å². The summed E-state index contributed by atoms with van der Waals surface area (Å²) >= 11 is 0. The summed E-state index contributed by atoms with van der Waals surface area (Å²) in [4.78, 5) is 29.9. The second kappa shape index (κ2) is 8.98. The van der Waals surface area contributed by atoms with Gasteiger partial charge in [0.05, 0.1) is 0 Å². The molecule has 0 bridgehead atoms. The number of piperidine rings is 1. The molecule has 0 atom stereocenters. The van der Waals surface area contributed by atoms with E-state index in [0.717, 1.165) is 18.4 Å². The van der Waals surface area contributed by atoms with Crippen LogP contribution in [0.3, 0.4) is 0 Å². The van der Waals surface area contributed by atoms with Gasteiger partial charge in [0.2, 0.25) is 11.8 Å². The number of pyridine rings is 1. The van der Waals surface area contributed by atoms with E-state index in [1.165, 1.54) is 6.08 Å². The molecule has 1 aromatic heterocycles. The molecule has 0 unspecified atom stereocenters. The van der Waals surface area contributed by atoms with Gasteiger partial charge in [0.1, 0.15) is 6.10 Å². The van der Waals surface area contributed by atoms with Crippen molar-refractivity contribution in [3.8, 4) is 5.88 Å². The van der Waals surface area contributed by atoms with Gasteiger partial charge in [-0.2, -0.15) is 0 Å². The monoisotopic (exact) mass is 365 g/mol. The van der Waals surface area contributed by atoms with E-state index in [1.54, 1.807) is 18.3 Å². The smallest absolute Gasteiger partial charge is 0.253 e. The number of hydrogen-bond acceptors (Lipinski definition) is 4. The molecule has 27 heavy (non-hydrogen) atoms. The van der Waals surface area contributed by atoms with Crippen molar-refractivity contribution in [2.24, 2.45) is 0 Å². The van der Waals surface area contributed by atoms with Gasteiger partial charge in [-0.15, -0.1) is 0 Å². The molecule has 0 spiro atoms. The summed E-state index contributed by atoms with van der Waals surface area (Å²) in [6.07, 6.45) is 4.60. The van der Waals surface area contributed by atoms with Crippen LogP contribution in [-0.2, 0) is 11.3 Å². The van der Waals surface area contributed by atoms with Crippen molar-refractivity contribution in [2.75, 3.05) is 13.1 Å². The zero-order valence-corrected chi connectivity index (χ0v) is 15.1. The molecule has 0 radical (unpaired) electrons. The third kappa shape index (κ3) is 5.17. The second-order valence-corrected chi connectivity index (χ2v) is 6.40. The SMILES string of the molecule is C=CC(=O)NCc1ccc(C(=O)N2CCC(Oc3ccccn3)CC2)cc1. The number of amides is 2. The number of rotatable bonds is 6. The lowest BCUT2D eigenvalue weighted by atomic mass is 10.1. The lowest BCUT2D eigenvalue weighted by molar-refractivity contribution is -0.116. The minimum absolute atomic E-state index is 0.0213. The van der Waals surface area contributed by atoms with Crippen LogP contribution in [0.5, 0.6) is 5.88 Å². The minimum Gasteiger partial charge on any atom is -0.474 e. The summed E-state index contributed by atoms with van der Waals surface area (Å²) in [5.41, 5.74) is 1.59. The minimum atomic E-state index is -0.217. The third-order valence-corrected chi connectivity index (χ3v) is 4.51. The largest absolute Gasteiger partial charge is 0.474 e. The highest BCUT2D eigenvalue weighted by molar-refractivity contribution is 5.94. The number of aromatic nitrogens is 1. The number of nitrogens with one attached hydrogen (secondary N) is 1. The van der Waals surface area contributed by atoms with Crippen LogP contribution in [0.2, 0.25) is 0 Å². The fourth-order valence-corrected chi connectivity index (χ4v) is 2.97. The van der Waals surface area contributed by atoms with Crippen LogP contribution in [-0.4, -0.2) is 40.9 Å². The fourth-order valence-electron chi connectivity index (χ4n) is 2.97. The normalized spacial score (nSPS) is 14.4. The van der Waals surface area contributed by atoms with E-state index in [9.17, 15) is 9.59 Å². The first-order chi connectivity index (χ1) is 13.2. The lowest BCUT2D eigenvalue weighted by Crippen LogP contribution is -2.41. The Labute approximate surface area is 158 Å². The molecule has 3 rings (SSSR count). The van der Waals surface area contributed by atoms with Gasteiger partial charge < -0.3 is 15.0 Å². The van der Waals surface area contributed by atoms with Crippen LogP contribution >= 0.6 is 0 Å². The van der Waals surface area contributed by atoms with Crippen LogP contribution in [0, 0.1) is 0 Å². The number of carbonyl (C=O) groups is 2. The molecule has 2 aromatic rings. The summed E-state index contributed by atoms with van der Waals surface area (Å²) in [6, 6.07) is 12.9. The number of ether oxygens (including phenoxy) is 1. The van der Waals surface area contributed by atoms with Crippen LogP contribution in [0.25, 0.3) is 0 Å². The molecule has 0 aliphatic carbocycles. The van der Waals surface area contributed by atoms with Gasteiger partial charge in [0.25, 0.3) is 5.91 Å². The number of likely N-dealkylation sites (tertiary alicyclic amines) is 1. The predicted molar refractivity (Wildman–Crippen MR) is 102 cm³/mol. The first-order valence-electron chi connectivity index (χ1n) is 9.02. The van der Waals surface area contributed by atoms with Crippen molar-refractivity contribution >= 4 is 11.8 Å². The van der Waals surface area contributed by atoms with E-state index < -0.39 is 0 Å². The summed E-state index contributed by atoms with van der Waals surface area (Å²) in [5, 5.41) is 2.71. The van der Waals surface area contributed by atoms with Gasteiger partial charge in [-0.05, 0) is 29.8 Å². The molecule has 2 heterocycles. The van der Waals surface area contributed by atoms with Gasteiger partial charge in [-0.1, -0.05) is 24.8 Å². The van der Waals surface area contributed by atoms with Gasteiger partial charge in [-0.25, -0.2) is 4.98 Å². The van der Waals surface area contributed by atoms with Crippen molar-refractivity contribution in [3.05, 3.63) is 72.4 Å². The van der Waals surface area contributed by atoms with Crippen molar-refractivity contribution in [3.63, 3.8) is 0 Å². The second-order valence-electron chi connectivity index (χ2n) is 6.40. The Balaban J connectivity index is 1.50. The Morgan fingerprint density at radius 3 is 2.56 bits per heavy atom. The first kappa shape index (κ1) is 18.6. The molecule has 1 aliphatic heterocycles. The maximum atomic E-state index is 12.7.